The summed E-state index contributed by atoms with van der Waals surface area (Å²) in [6.45, 7) is 2.59. The van der Waals surface area contributed by atoms with E-state index < -0.39 is 11.6 Å². The Kier molecular flexibility index (Phi) is 6.90. The first-order chi connectivity index (χ1) is 11.2. The van der Waals surface area contributed by atoms with Crippen LogP contribution in [0.5, 0.6) is 5.75 Å². The van der Waals surface area contributed by atoms with Crippen LogP contribution in [-0.2, 0) is 0 Å². The summed E-state index contributed by atoms with van der Waals surface area (Å²) in [7, 11) is 0. The quantitative estimate of drug-likeness (QED) is 0.663. The van der Waals surface area contributed by atoms with Gasteiger partial charge in [0, 0.05) is 0 Å². The van der Waals surface area contributed by atoms with Gasteiger partial charge in [0.05, 0.1) is 12.2 Å². The second kappa shape index (κ2) is 9.17. The fraction of sp³-hybridized carbons (Fsp3) is 0.562. The van der Waals surface area contributed by atoms with Crippen molar-refractivity contribution in [3.05, 3.63) is 23.8 Å². The third-order valence-corrected chi connectivity index (χ3v) is 3.63. The van der Waals surface area contributed by atoms with Gasteiger partial charge < -0.3 is 4.74 Å². The van der Waals surface area contributed by atoms with Crippen molar-refractivity contribution in [2.24, 2.45) is 0 Å². The number of nitrogens with zero attached hydrogens (tertiary/aromatic N) is 3. The van der Waals surface area contributed by atoms with Crippen LogP contribution < -0.4 is 4.74 Å². The molecule has 23 heavy (non-hydrogen) atoms. The largest absolute Gasteiger partial charge is 0.490 e. The highest BCUT2D eigenvalue weighted by atomic mass is 19.1. The Morgan fingerprint density at radius 1 is 1.04 bits per heavy atom. The molecule has 0 aliphatic rings. The molecule has 2 aromatic rings. The lowest BCUT2D eigenvalue weighted by molar-refractivity contribution is 0.289. The van der Waals surface area contributed by atoms with E-state index in [1.807, 2.05) is 0 Å². The van der Waals surface area contributed by atoms with Crippen LogP contribution in [0.25, 0.3) is 11.4 Å². The molecule has 126 valence electrons. The number of rotatable bonds is 10. The Labute approximate surface area is 134 Å². The summed E-state index contributed by atoms with van der Waals surface area (Å²) in [5.74, 6) is -1.65. The molecule has 0 radical (unpaired) electrons. The second-order valence-corrected chi connectivity index (χ2v) is 5.44. The van der Waals surface area contributed by atoms with Crippen LogP contribution in [-0.4, -0.2) is 27.2 Å². The lowest BCUT2D eigenvalue weighted by Crippen LogP contribution is -2.02. The standard InChI is InChI=1S/C16H22F2N4O/c1-2-3-4-5-6-7-8-11-23-13-10-9-12(17)14(15(13)18)16-19-21-22-20-16/h9-10H,2-8,11H2,1H3,(H,19,20,21,22). The minimum absolute atomic E-state index is 0.0113. The van der Waals surface area contributed by atoms with Crippen LogP contribution >= 0.6 is 0 Å². The molecule has 5 nitrogen and oxygen atoms in total. The molecule has 0 unspecified atom stereocenters. The molecule has 1 aromatic carbocycles. The van der Waals surface area contributed by atoms with Crippen molar-refractivity contribution in [2.75, 3.05) is 6.61 Å². The van der Waals surface area contributed by atoms with Crippen molar-refractivity contribution in [1.29, 1.82) is 0 Å². The third kappa shape index (κ3) is 4.97. The minimum atomic E-state index is -0.797. The molecular formula is C16H22F2N4O. The van der Waals surface area contributed by atoms with E-state index in [-0.39, 0.29) is 17.1 Å². The van der Waals surface area contributed by atoms with E-state index in [4.69, 9.17) is 4.74 Å². The van der Waals surface area contributed by atoms with Crippen LogP contribution in [0.4, 0.5) is 8.78 Å². The Morgan fingerprint density at radius 2 is 1.78 bits per heavy atom. The van der Waals surface area contributed by atoms with E-state index in [0.717, 1.165) is 25.3 Å². The van der Waals surface area contributed by atoms with Gasteiger partial charge in [0.25, 0.3) is 0 Å². The first kappa shape index (κ1) is 17.3. The number of hydrogen-bond acceptors (Lipinski definition) is 4. The predicted octanol–water partition coefficient (Wildman–Crippen LogP) is 4.27. The summed E-state index contributed by atoms with van der Waals surface area (Å²) in [6, 6.07) is 2.43. The first-order valence-electron chi connectivity index (χ1n) is 8.08. The number of aromatic amines is 1. The maximum absolute atomic E-state index is 14.3. The highest BCUT2D eigenvalue weighted by molar-refractivity contribution is 5.59. The van der Waals surface area contributed by atoms with Crippen LogP contribution in [0.15, 0.2) is 12.1 Å². The summed E-state index contributed by atoms with van der Waals surface area (Å²) < 4.78 is 33.5. The molecule has 0 aliphatic heterocycles. The number of H-pyrrole nitrogens is 1. The van der Waals surface area contributed by atoms with Crippen LogP contribution in [0, 0.1) is 11.6 Å². The molecule has 1 aromatic heterocycles. The normalized spacial score (nSPS) is 10.9. The highest BCUT2D eigenvalue weighted by Crippen LogP contribution is 2.29. The molecule has 0 saturated heterocycles. The smallest absolute Gasteiger partial charge is 0.210 e. The third-order valence-electron chi connectivity index (χ3n) is 3.63. The van der Waals surface area contributed by atoms with Gasteiger partial charge in [-0.25, -0.2) is 8.78 Å². The Morgan fingerprint density at radius 3 is 2.48 bits per heavy atom. The predicted molar refractivity (Wildman–Crippen MR) is 83.0 cm³/mol. The molecule has 0 amide bonds. The van der Waals surface area contributed by atoms with Crippen molar-refractivity contribution < 1.29 is 13.5 Å². The average molecular weight is 324 g/mol. The monoisotopic (exact) mass is 324 g/mol. The average Bonchev–Trinajstić information content (AvgIpc) is 3.06. The van der Waals surface area contributed by atoms with Gasteiger partial charge >= 0.3 is 0 Å². The van der Waals surface area contributed by atoms with Crippen molar-refractivity contribution in [3.8, 4) is 17.1 Å². The Bertz CT molecular complexity index is 590. The molecule has 0 saturated carbocycles. The van der Waals surface area contributed by atoms with Crippen LogP contribution in [0.1, 0.15) is 51.9 Å². The summed E-state index contributed by atoms with van der Waals surface area (Å²) in [5.41, 5.74) is -0.323. The van der Waals surface area contributed by atoms with Gasteiger partial charge in [0.15, 0.2) is 11.6 Å². The molecular weight excluding hydrogens is 302 g/mol. The maximum Gasteiger partial charge on any atom is 0.210 e. The van der Waals surface area contributed by atoms with E-state index in [1.54, 1.807) is 0 Å². The summed E-state index contributed by atoms with van der Waals surface area (Å²) in [6.07, 6.45) is 8.04. The SMILES string of the molecule is CCCCCCCCCOc1ccc(F)c(-c2nn[nH]n2)c1F. The molecule has 1 heterocycles. The Hall–Kier alpha value is -2.05. The van der Waals surface area contributed by atoms with Crippen molar-refractivity contribution in [3.63, 3.8) is 0 Å². The number of halogens is 2. The molecule has 1 N–H and O–H groups in total. The molecule has 0 fully saturated rings. The molecule has 0 spiro atoms. The number of tetrazole rings is 1. The number of unbranched alkanes of at least 4 members (excludes halogenated alkanes) is 6. The molecule has 0 aliphatic carbocycles. The lowest BCUT2D eigenvalue weighted by Gasteiger charge is -2.09. The lowest BCUT2D eigenvalue weighted by atomic mass is 10.1. The zero-order chi connectivity index (χ0) is 16.5. The molecule has 0 bridgehead atoms. The van der Waals surface area contributed by atoms with Gasteiger partial charge in [0.2, 0.25) is 5.82 Å². The number of nitrogens with one attached hydrogen (secondary N) is 1. The highest BCUT2D eigenvalue weighted by Gasteiger charge is 2.19. The van der Waals surface area contributed by atoms with Gasteiger partial charge in [-0.1, -0.05) is 45.4 Å². The minimum Gasteiger partial charge on any atom is -0.490 e. The fourth-order valence-electron chi connectivity index (χ4n) is 2.36. The Balaban J connectivity index is 1.83. The second-order valence-electron chi connectivity index (χ2n) is 5.44. The van der Waals surface area contributed by atoms with Crippen LogP contribution in [0.3, 0.4) is 0 Å². The van der Waals surface area contributed by atoms with Gasteiger partial charge in [-0.15, -0.1) is 10.2 Å². The van der Waals surface area contributed by atoms with E-state index in [1.165, 1.54) is 31.7 Å². The molecule has 0 atom stereocenters. The first-order valence-corrected chi connectivity index (χ1v) is 8.08. The molecule has 7 heteroatoms. The maximum atomic E-state index is 14.3. The molecule has 2 rings (SSSR count). The van der Waals surface area contributed by atoms with E-state index >= 15 is 0 Å². The van der Waals surface area contributed by atoms with E-state index in [0.29, 0.717) is 6.61 Å². The topological polar surface area (TPSA) is 63.7 Å². The summed E-state index contributed by atoms with van der Waals surface area (Å²) >= 11 is 0. The van der Waals surface area contributed by atoms with Gasteiger partial charge in [-0.05, 0) is 23.8 Å². The van der Waals surface area contributed by atoms with Crippen molar-refractivity contribution in [1.82, 2.24) is 20.6 Å². The van der Waals surface area contributed by atoms with Gasteiger partial charge in [-0.2, -0.15) is 5.21 Å². The van der Waals surface area contributed by atoms with Crippen LogP contribution in [0.2, 0.25) is 0 Å². The van der Waals surface area contributed by atoms with Gasteiger partial charge in [0.1, 0.15) is 5.82 Å². The zero-order valence-electron chi connectivity index (χ0n) is 13.3. The van der Waals surface area contributed by atoms with Crippen molar-refractivity contribution in [2.45, 2.75) is 51.9 Å². The van der Waals surface area contributed by atoms with E-state index in [2.05, 4.69) is 27.5 Å². The summed E-state index contributed by atoms with van der Waals surface area (Å²) in [5, 5.41) is 12.7. The zero-order valence-corrected chi connectivity index (χ0v) is 13.3. The number of ether oxygens (including phenoxy) is 1. The fourth-order valence-corrected chi connectivity index (χ4v) is 2.36. The van der Waals surface area contributed by atoms with E-state index in [9.17, 15) is 8.78 Å². The number of hydrogen-bond donors (Lipinski definition) is 1. The number of aromatic nitrogens is 4. The summed E-state index contributed by atoms with van der Waals surface area (Å²) in [4.78, 5) is 0. The van der Waals surface area contributed by atoms with Crippen molar-refractivity contribution >= 4 is 0 Å². The van der Waals surface area contributed by atoms with Gasteiger partial charge in [-0.3, -0.25) is 0 Å². The number of benzene rings is 1.